The molecule has 0 bridgehead atoms. The normalized spacial score (nSPS) is 10.6. The van der Waals surface area contributed by atoms with Gasteiger partial charge in [-0.2, -0.15) is 0 Å². The highest BCUT2D eigenvalue weighted by atomic mass is 127. The van der Waals surface area contributed by atoms with Crippen molar-refractivity contribution in [1.29, 1.82) is 0 Å². The number of aliphatic imine (C=N–C) groups is 1. The van der Waals surface area contributed by atoms with Gasteiger partial charge in [0.1, 0.15) is 11.6 Å². The maximum atomic E-state index is 13.1. The molecule has 0 atom stereocenters. The summed E-state index contributed by atoms with van der Waals surface area (Å²) in [4.78, 5) is 15.8. The second-order valence-corrected chi connectivity index (χ2v) is 4.96. The van der Waals surface area contributed by atoms with Crippen LogP contribution in [-0.2, 0) is 11.3 Å². The summed E-state index contributed by atoms with van der Waals surface area (Å²) in [5.41, 5.74) is 1.26. The van der Waals surface area contributed by atoms with Crippen molar-refractivity contribution in [2.24, 2.45) is 4.99 Å². The Morgan fingerprint density at radius 2 is 1.76 bits per heavy atom. The molecule has 0 aliphatic heterocycles. The van der Waals surface area contributed by atoms with Gasteiger partial charge in [0.05, 0.1) is 6.54 Å². The van der Waals surface area contributed by atoms with E-state index in [4.69, 9.17) is 0 Å². The maximum Gasteiger partial charge on any atom is 0.243 e. The number of hydrogen-bond donors (Lipinski definition) is 3. The Kier molecular flexibility index (Phi) is 8.82. The molecule has 0 unspecified atom stereocenters. The summed E-state index contributed by atoms with van der Waals surface area (Å²) in [6.45, 7) is 0.358. The highest BCUT2D eigenvalue weighted by molar-refractivity contribution is 14.0. The fraction of sp³-hybridized carbons (Fsp3) is 0.176. The first kappa shape index (κ1) is 20.8. The van der Waals surface area contributed by atoms with Gasteiger partial charge in [-0.05, 0) is 42.0 Å². The molecule has 0 aliphatic rings. The van der Waals surface area contributed by atoms with Gasteiger partial charge in [0.2, 0.25) is 5.91 Å². The van der Waals surface area contributed by atoms with Crippen molar-refractivity contribution < 1.29 is 13.6 Å². The molecule has 0 heterocycles. The average Bonchev–Trinajstić information content (AvgIpc) is 2.57. The average molecular weight is 460 g/mol. The Balaban J connectivity index is 0.00000312. The number of halogens is 3. The quantitative estimate of drug-likeness (QED) is 0.366. The molecule has 5 nitrogen and oxygen atoms in total. The summed E-state index contributed by atoms with van der Waals surface area (Å²) in [5, 5.41) is 8.46. The first-order valence-corrected chi connectivity index (χ1v) is 7.31. The molecule has 3 N–H and O–H groups in total. The van der Waals surface area contributed by atoms with E-state index in [1.54, 1.807) is 19.2 Å². The van der Waals surface area contributed by atoms with Crippen LogP contribution < -0.4 is 16.0 Å². The zero-order chi connectivity index (χ0) is 17.4. The maximum absolute atomic E-state index is 13.1. The van der Waals surface area contributed by atoms with Crippen LogP contribution >= 0.6 is 24.0 Å². The van der Waals surface area contributed by atoms with Crippen LogP contribution in [0.4, 0.5) is 14.5 Å². The molecule has 0 saturated carbocycles. The SMILES string of the molecule is CN=C(NCC(=O)Nc1ccc(F)cc1)NCc1cccc(F)c1.I. The van der Waals surface area contributed by atoms with Gasteiger partial charge >= 0.3 is 0 Å². The predicted octanol–water partition coefficient (Wildman–Crippen LogP) is 2.89. The molecule has 1 amide bonds. The van der Waals surface area contributed by atoms with Gasteiger partial charge < -0.3 is 16.0 Å². The van der Waals surface area contributed by atoms with E-state index in [0.29, 0.717) is 18.2 Å². The third-order valence-electron chi connectivity index (χ3n) is 3.12. The van der Waals surface area contributed by atoms with E-state index < -0.39 is 0 Å². The molecule has 2 rings (SSSR count). The number of carbonyl (C=O) groups is 1. The Morgan fingerprint density at radius 3 is 2.40 bits per heavy atom. The highest BCUT2D eigenvalue weighted by Gasteiger charge is 2.05. The minimum Gasteiger partial charge on any atom is -0.352 e. The predicted molar refractivity (Wildman–Crippen MR) is 105 cm³/mol. The molecule has 0 fully saturated rings. The van der Waals surface area contributed by atoms with Crippen LogP contribution in [0.2, 0.25) is 0 Å². The van der Waals surface area contributed by atoms with Gasteiger partial charge in [-0.25, -0.2) is 8.78 Å². The number of guanidine groups is 1. The minimum absolute atomic E-state index is 0. The lowest BCUT2D eigenvalue weighted by Crippen LogP contribution is -2.41. The van der Waals surface area contributed by atoms with E-state index in [1.807, 2.05) is 0 Å². The van der Waals surface area contributed by atoms with Crippen LogP contribution in [0.3, 0.4) is 0 Å². The monoisotopic (exact) mass is 460 g/mol. The lowest BCUT2D eigenvalue weighted by Gasteiger charge is -2.12. The van der Waals surface area contributed by atoms with Crippen LogP contribution in [0.5, 0.6) is 0 Å². The summed E-state index contributed by atoms with van der Waals surface area (Å²) in [6, 6.07) is 11.7. The van der Waals surface area contributed by atoms with Gasteiger partial charge in [-0.15, -0.1) is 24.0 Å². The number of carbonyl (C=O) groups excluding carboxylic acids is 1. The molecular formula is C17H19F2IN4O. The summed E-state index contributed by atoms with van der Waals surface area (Å²) >= 11 is 0. The second kappa shape index (κ2) is 10.6. The van der Waals surface area contributed by atoms with Gasteiger partial charge in [-0.1, -0.05) is 12.1 Å². The second-order valence-electron chi connectivity index (χ2n) is 4.96. The van der Waals surface area contributed by atoms with Gasteiger partial charge in [0.15, 0.2) is 5.96 Å². The van der Waals surface area contributed by atoms with Crippen LogP contribution in [0, 0.1) is 11.6 Å². The number of amides is 1. The van der Waals surface area contributed by atoms with Crippen LogP contribution in [0.25, 0.3) is 0 Å². The van der Waals surface area contributed by atoms with Crippen molar-refractivity contribution in [3.63, 3.8) is 0 Å². The fourth-order valence-corrected chi connectivity index (χ4v) is 1.96. The van der Waals surface area contributed by atoms with Crippen molar-refractivity contribution in [1.82, 2.24) is 10.6 Å². The van der Waals surface area contributed by atoms with E-state index in [-0.39, 0.29) is 48.1 Å². The molecule has 0 aromatic heterocycles. The molecule has 0 spiro atoms. The number of nitrogens with one attached hydrogen (secondary N) is 3. The van der Waals surface area contributed by atoms with E-state index in [1.165, 1.54) is 36.4 Å². The molecule has 2 aromatic rings. The van der Waals surface area contributed by atoms with Gasteiger partial charge in [0.25, 0.3) is 0 Å². The van der Waals surface area contributed by atoms with E-state index in [0.717, 1.165) is 5.56 Å². The summed E-state index contributed by atoms with van der Waals surface area (Å²) in [6.07, 6.45) is 0. The highest BCUT2D eigenvalue weighted by Crippen LogP contribution is 2.07. The Hall–Kier alpha value is -2.23. The summed E-state index contributed by atoms with van der Waals surface area (Å²) in [7, 11) is 1.57. The third kappa shape index (κ3) is 7.46. The lowest BCUT2D eigenvalue weighted by molar-refractivity contribution is -0.115. The Labute approximate surface area is 161 Å². The molecule has 0 saturated heterocycles. The van der Waals surface area contributed by atoms with Crippen molar-refractivity contribution >= 4 is 41.5 Å². The number of rotatable bonds is 5. The zero-order valence-electron chi connectivity index (χ0n) is 13.6. The molecule has 8 heteroatoms. The van der Waals surface area contributed by atoms with Crippen molar-refractivity contribution in [3.05, 3.63) is 65.7 Å². The van der Waals surface area contributed by atoms with Gasteiger partial charge in [0, 0.05) is 19.3 Å². The molecule has 2 aromatic carbocycles. The van der Waals surface area contributed by atoms with E-state index in [9.17, 15) is 13.6 Å². The van der Waals surface area contributed by atoms with Crippen molar-refractivity contribution in [2.75, 3.05) is 18.9 Å². The van der Waals surface area contributed by atoms with E-state index >= 15 is 0 Å². The Morgan fingerprint density at radius 1 is 1.04 bits per heavy atom. The smallest absolute Gasteiger partial charge is 0.243 e. The first-order valence-electron chi connectivity index (χ1n) is 7.31. The number of hydrogen-bond acceptors (Lipinski definition) is 2. The van der Waals surface area contributed by atoms with E-state index in [2.05, 4.69) is 20.9 Å². The topological polar surface area (TPSA) is 65.5 Å². The first-order chi connectivity index (χ1) is 11.6. The zero-order valence-corrected chi connectivity index (χ0v) is 15.9. The number of anilines is 1. The Bertz CT molecular complexity index is 723. The minimum atomic E-state index is -0.368. The molecule has 134 valence electrons. The summed E-state index contributed by atoms with van der Waals surface area (Å²) in [5.74, 6) is -0.562. The van der Waals surface area contributed by atoms with Crippen LogP contribution in [0.1, 0.15) is 5.56 Å². The van der Waals surface area contributed by atoms with Crippen LogP contribution in [0.15, 0.2) is 53.5 Å². The van der Waals surface area contributed by atoms with Crippen molar-refractivity contribution in [2.45, 2.75) is 6.54 Å². The van der Waals surface area contributed by atoms with Crippen molar-refractivity contribution in [3.8, 4) is 0 Å². The standard InChI is InChI=1S/C17H18F2N4O.HI/c1-20-17(21-10-12-3-2-4-14(19)9-12)22-11-16(24)23-15-7-5-13(18)6-8-15;/h2-9H,10-11H2,1H3,(H,23,24)(H2,20,21,22);1H. The fourth-order valence-electron chi connectivity index (χ4n) is 1.96. The number of benzene rings is 2. The van der Waals surface area contributed by atoms with Crippen LogP contribution in [-0.4, -0.2) is 25.5 Å². The number of nitrogens with zero attached hydrogens (tertiary/aromatic N) is 1. The third-order valence-corrected chi connectivity index (χ3v) is 3.12. The molecule has 0 aliphatic carbocycles. The summed E-state index contributed by atoms with van der Waals surface area (Å²) < 4.78 is 25.9. The molecule has 25 heavy (non-hydrogen) atoms. The molecular weight excluding hydrogens is 441 g/mol. The lowest BCUT2D eigenvalue weighted by atomic mass is 10.2. The van der Waals surface area contributed by atoms with Gasteiger partial charge in [-0.3, -0.25) is 9.79 Å². The molecule has 0 radical (unpaired) electrons. The largest absolute Gasteiger partial charge is 0.352 e.